The monoisotopic (exact) mass is 233 g/mol. The number of hydrogen-bond donors (Lipinski definition) is 1. The van der Waals surface area contributed by atoms with Crippen LogP contribution in [-0.4, -0.2) is 19.8 Å². The summed E-state index contributed by atoms with van der Waals surface area (Å²) in [7, 11) is 0. The molecule has 2 rings (SSSR count). The number of hydrogen-bond acceptors (Lipinski definition) is 2. The van der Waals surface area contributed by atoms with Crippen LogP contribution in [0.15, 0.2) is 36.4 Å². The molecule has 0 fully saturated rings. The Morgan fingerprint density at radius 2 is 1.94 bits per heavy atom. The van der Waals surface area contributed by atoms with E-state index < -0.39 is 6.67 Å². The lowest BCUT2D eigenvalue weighted by atomic mass is 10.0. The molecule has 17 heavy (non-hydrogen) atoms. The molecule has 0 aliphatic heterocycles. The molecule has 0 saturated carbocycles. The normalized spacial score (nSPS) is 10.7. The van der Waals surface area contributed by atoms with Crippen molar-refractivity contribution in [2.45, 2.75) is 6.42 Å². The maximum absolute atomic E-state index is 12.2. The number of ether oxygens (including phenoxy) is 1. The SMILES string of the molecule is NCCc1c(OCCF)ccc2ccccc12. The molecule has 0 bridgehead atoms. The molecular weight excluding hydrogens is 217 g/mol. The topological polar surface area (TPSA) is 35.2 Å². The second kappa shape index (κ2) is 5.64. The Kier molecular flexibility index (Phi) is 3.94. The lowest BCUT2D eigenvalue weighted by molar-refractivity contribution is 0.271. The van der Waals surface area contributed by atoms with E-state index in [1.54, 1.807) is 0 Å². The summed E-state index contributed by atoms with van der Waals surface area (Å²) >= 11 is 0. The molecule has 0 radical (unpaired) electrons. The van der Waals surface area contributed by atoms with E-state index in [9.17, 15) is 4.39 Å². The van der Waals surface area contributed by atoms with Crippen LogP contribution in [0, 0.1) is 0 Å². The highest BCUT2D eigenvalue weighted by molar-refractivity contribution is 5.87. The first-order valence-corrected chi connectivity index (χ1v) is 5.76. The maximum Gasteiger partial charge on any atom is 0.123 e. The second-order valence-electron chi connectivity index (χ2n) is 3.84. The van der Waals surface area contributed by atoms with E-state index in [0.29, 0.717) is 6.54 Å². The number of fused-ring (bicyclic) bond motifs is 1. The standard InChI is InChI=1S/C14H16FNO/c15-8-10-17-14-6-5-11-3-1-2-4-12(11)13(14)7-9-16/h1-6H,7-10,16H2. The minimum Gasteiger partial charge on any atom is -0.491 e. The smallest absolute Gasteiger partial charge is 0.123 e. The summed E-state index contributed by atoms with van der Waals surface area (Å²) in [5.41, 5.74) is 6.69. The Labute approximate surface area is 100 Å². The van der Waals surface area contributed by atoms with Crippen molar-refractivity contribution in [2.75, 3.05) is 19.8 Å². The fraction of sp³-hybridized carbons (Fsp3) is 0.286. The molecule has 0 heterocycles. The Morgan fingerprint density at radius 1 is 1.12 bits per heavy atom. The van der Waals surface area contributed by atoms with E-state index >= 15 is 0 Å². The fourth-order valence-electron chi connectivity index (χ4n) is 2.00. The van der Waals surface area contributed by atoms with Crippen molar-refractivity contribution >= 4 is 10.8 Å². The van der Waals surface area contributed by atoms with Gasteiger partial charge in [-0.25, -0.2) is 4.39 Å². The molecule has 90 valence electrons. The first-order valence-electron chi connectivity index (χ1n) is 5.76. The van der Waals surface area contributed by atoms with Gasteiger partial charge in [0, 0.05) is 5.56 Å². The first kappa shape index (κ1) is 11.9. The third-order valence-corrected chi connectivity index (χ3v) is 2.73. The van der Waals surface area contributed by atoms with Crippen LogP contribution in [-0.2, 0) is 6.42 Å². The second-order valence-corrected chi connectivity index (χ2v) is 3.84. The Balaban J connectivity index is 2.47. The van der Waals surface area contributed by atoms with Gasteiger partial charge in [-0.3, -0.25) is 0 Å². The molecule has 3 heteroatoms. The van der Waals surface area contributed by atoms with Crippen LogP contribution < -0.4 is 10.5 Å². The summed E-state index contributed by atoms with van der Waals surface area (Å²) < 4.78 is 17.6. The molecule has 2 N–H and O–H groups in total. The van der Waals surface area contributed by atoms with Crippen LogP contribution in [0.2, 0.25) is 0 Å². The van der Waals surface area contributed by atoms with Crippen LogP contribution in [0.5, 0.6) is 5.75 Å². The molecule has 0 amide bonds. The molecule has 0 atom stereocenters. The minimum absolute atomic E-state index is 0.0932. The third kappa shape index (κ3) is 2.56. The average Bonchev–Trinajstić information content (AvgIpc) is 2.38. The van der Waals surface area contributed by atoms with Gasteiger partial charge in [-0.1, -0.05) is 30.3 Å². The number of benzene rings is 2. The van der Waals surface area contributed by atoms with E-state index in [1.165, 1.54) is 0 Å². The lowest BCUT2D eigenvalue weighted by Crippen LogP contribution is -2.07. The van der Waals surface area contributed by atoms with Crippen LogP contribution >= 0.6 is 0 Å². The quantitative estimate of drug-likeness (QED) is 0.861. The summed E-state index contributed by atoms with van der Waals surface area (Å²) in [5, 5.41) is 2.29. The lowest BCUT2D eigenvalue weighted by Gasteiger charge is -2.12. The van der Waals surface area contributed by atoms with E-state index in [4.69, 9.17) is 10.5 Å². The third-order valence-electron chi connectivity index (χ3n) is 2.73. The Hall–Kier alpha value is -1.61. The maximum atomic E-state index is 12.2. The van der Waals surface area contributed by atoms with Gasteiger partial charge >= 0.3 is 0 Å². The predicted octanol–water partition coefficient (Wildman–Crippen LogP) is 2.69. The highest BCUT2D eigenvalue weighted by Crippen LogP contribution is 2.28. The van der Waals surface area contributed by atoms with Crippen molar-refractivity contribution in [3.63, 3.8) is 0 Å². The van der Waals surface area contributed by atoms with Gasteiger partial charge in [-0.05, 0) is 29.8 Å². The molecule has 0 aromatic heterocycles. The Morgan fingerprint density at radius 3 is 2.71 bits per heavy atom. The zero-order chi connectivity index (χ0) is 12.1. The van der Waals surface area contributed by atoms with Gasteiger partial charge in [0.15, 0.2) is 0 Å². The summed E-state index contributed by atoms with van der Waals surface area (Å²) in [6.07, 6.45) is 0.739. The summed E-state index contributed by atoms with van der Waals surface area (Å²) in [6, 6.07) is 12.0. The van der Waals surface area contributed by atoms with Crippen LogP contribution in [0.25, 0.3) is 10.8 Å². The average molecular weight is 233 g/mol. The predicted molar refractivity (Wildman–Crippen MR) is 68.2 cm³/mol. The molecule has 0 spiro atoms. The Bertz CT molecular complexity index is 499. The first-order chi connectivity index (χ1) is 8.36. The number of rotatable bonds is 5. The molecule has 2 nitrogen and oxygen atoms in total. The summed E-state index contributed by atoms with van der Waals surface area (Å²) in [4.78, 5) is 0. The van der Waals surface area contributed by atoms with E-state index in [-0.39, 0.29) is 6.61 Å². The molecular formula is C14H16FNO. The van der Waals surface area contributed by atoms with Crippen LogP contribution in [0.4, 0.5) is 4.39 Å². The van der Waals surface area contributed by atoms with Crippen LogP contribution in [0.3, 0.4) is 0 Å². The molecule has 0 unspecified atom stereocenters. The number of nitrogens with two attached hydrogens (primary N) is 1. The van der Waals surface area contributed by atoms with Gasteiger partial charge < -0.3 is 10.5 Å². The molecule has 0 saturated heterocycles. The van der Waals surface area contributed by atoms with E-state index in [2.05, 4.69) is 0 Å². The summed E-state index contributed by atoms with van der Waals surface area (Å²) in [6.45, 7) is 0.171. The highest BCUT2D eigenvalue weighted by Gasteiger charge is 2.07. The minimum atomic E-state index is -0.477. The molecule has 0 aliphatic rings. The van der Waals surface area contributed by atoms with Crippen molar-refractivity contribution in [1.29, 1.82) is 0 Å². The molecule has 2 aromatic carbocycles. The summed E-state index contributed by atoms with van der Waals surface area (Å²) in [5.74, 6) is 0.742. The fourth-order valence-corrected chi connectivity index (χ4v) is 2.00. The molecule has 2 aromatic rings. The molecule has 0 aliphatic carbocycles. The van der Waals surface area contributed by atoms with E-state index in [0.717, 1.165) is 28.5 Å². The van der Waals surface area contributed by atoms with Gasteiger partial charge in [0.25, 0.3) is 0 Å². The van der Waals surface area contributed by atoms with Crippen molar-refractivity contribution < 1.29 is 9.13 Å². The zero-order valence-electron chi connectivity index (χ0n) is 9.66. The van der Waals surface area contributed by atoms with Crippen molar-refractivity contribution in [3.05, 3.63) is 42.0 Å². The van der Waals surface area contributed by atoms with Crippen molar-refractivity contribution in [2.24, 2.45) is 5.73 Å². The number of alkyl halides is 1. The zero-order valence-corrected chi connectivity index (χ0v) is 9.66. The van der Waals surface area contributed by atoms with Gasteiger partial charge in [-0.15, -0.1) is 0 Å². The van der Waals surface area contributed by atoms with Gasteiger partial charge in [0.1, 0.15) is 19.0 Å². The highest BCUT2D eigenvalue weighted by atomic mass is 19.1. The van der Waals surface area contributed by atoms with Gasteiger partial charge in [0.2, 0.25) is 0 Å². The van der Waals surface area contributed by atoms with Crippen LogP contribution in [0.1, 0.15) is 5.56 Å². The van der Waals surface area contributed by atoms with E-state index in [1.807, 2.05) is 36.4 Å². The van der Waals surface area contributed by atoms with Gasteiger partial charge in [0.05, 0.1) is 0 Å². The van der Waals surface area contributed by atoms with Gasteiger partial charge in [-0.2, -0.15) is 0 Å². The van der Waals surface area contributed by atoms with Crippen molar-refractivity contribution in [3.8, 4) is 5.75 Å². The van der Waals surface area contributed by atoms with Crippen molar-refractivity contribution in [1.82, 2.24) is 0 Å². The largest absolute Gasteiger partial charge is 0.491 e. The number of halogens is 1.